The van der Waals surface area contributed by atoms with Crippen LogP contribution in [0.3, 0.4) is 0 Å². The monoisotopic (exact) mass is 428 g/mol. The van der Waals surface area contributed by atoms with Crippen molar-refractivity contribution in [2.24, 2.45) is 0 Å². The zero-order chi connectivity index (χ0) is 21.7. The summed E-state index contributed by atoms with van der Waals surface area (Å²) in [6.07, 6.45) is 1.68. The molecule has 2 aromatic carbocycles. The van der Waals surface area contributed by atoms with E-state index < -0.39 is 17.7 Å². The number of ketones is 1. The van der Waals surface area contributed by atoms with Crippen molar-refractivity contribution in [1.29, 1.82) is 0 Å². The van der Waals surface area contributed by atoms with Gasteiger partial charge in [-0.2, -0.15) is 0 Å². The molecule has 1 unspecified atom stereocenters. The molecule has 154 valence electrons. The number of aliphatic hydroxyl groups excluding tert-OH is 1. The number of amides is 1. The van der Waals surface area contributed by atoms with Gasteiger partial charge in [-0.1, -0.05) is 36.4 Å². The summed E-state index contributed by atoms with van der Waals surface area (Å²) >= 11 is 1.48. The minimum Gasteiger partial charge on any atom is -0.507 e. The maximum absolute atomic E-state index is 13.3. The number of carbonyl (C=O) groups excluding carboxylic acids is 2. The summed E-state index contributed by atoms with van der Waals surface area (Å²) in [6.45, 7) is 3.86. The number of hydrogen-bond acceptors (Lipinski definition) is 4. The first-order chi connectivity index (χ1) is 15.0. The third-order valence-corrected chi connectivity index (χ3v) is 6.89. The van der Waals surface area contributed by atoms with Gasteiger partial charge in [0.05, 0.1) is 5.57 Å². The lowest BCUT2D eigenvalue weighted by Gasteiger charge is -2.26. The Kier molecular flexibility index (Phi) is 4.52. The van der Waals surface area contributed by atoms with Crippen LogP contribution in [0.5, 0.6) is 0 Å². The second-order valence-electron chi connectivity index (χ2n) is 7.67. The average molecular weight is 429 g/mol. The molecule has 0 bridgehead atoms. The Labute approximate surface area is 183 Å². The molecule has 1 fully saturated rings. The van der Waals surface area contributed by atoms with Crippen molar-refractivity contribution in [1.82, 2.24) is 4.98 Å². The molecule has 4 aromatic rings. The van der Waals surface area contributed by atoms with Crippen molar-refractivity contribution in [3.05, 3.63) is 93.3 Å². The number of fused-ring (bicyclic) bond motifs is 1. The van der Waals surface area contributed by atoms with E-state index in [1.54, 1.807) is 6.20 Å². The van der Waals surface area contributed by atoms with Gasteiger partial charge in [-0.15, -0.1) is 11.3 Å². The molecule has 2 aromatic heterocycles. The molecule has 0 radical (unpaired) electrons. The Balaban J connectivity index is 1.79. The number of aromatic nitrogens is 1. The lowest BCUT2D eigenvalue weighted by Crippen LogP contribution is -2.30. The number of hydrogen-bond donors (Lipinski definition) is 2. The fourth-order valence-electron chi connectivity index (χ4n) is 4.24. The van der Waals surface area contributed by atoms with Gasteiger partial charge in [-0.05, 0) is 48.6 Å². The second kappa shape index (κ2) is 7.25. The van der Waals surface area contributed by atoms with E-state index in [1.807, 2.05) is 73.8 Å². The summed E-state index contributed by atoms with van der Waals surface area (Å²) in [5.74, 6) is -1.47. The molecule has 0 aliphatic carbocycles. The van der Waals surface area contributed by atoms with Gasteiger partial charge in [0.1, 0.15) is 11.8 Å². The number of aliphatic hydroxyl groups is 1. The Hall–Kier alpha value is -3.64. The number of nitrogens with zero attached hydrogens (tertiary/aromatic N) is 1. The Morgan fingerprint density at radius 2 is 1.74 bits per heavy atom. The van der Waals surface area contributed by atoms with Gasteiger partial charge in [0.25, 0.3) is 11.7 Å². The number of aryl methyl sites for hydroxylation is 2. The highest BCUT2D eigenvalue weighted by atomic mass is 32.1. The summed E-state index contributed by atoms with van der Waals surface area (Å²) < 4.78 is 0. The molecule has 0 saturated carbocycles. The van der Waals surface area contributed by atoms with Gasteiger partial charge in [-0.3, -0.25) is 14.5 Å². The number of thiophene rings is 1. The van der Waals surface area contributed by atoms with Crippen molar-refractivity contribution in [3.63, 3.8) is 0 Å². The molecule has 5 nitrogen and oxygen atoms in total. The molecule has 1 aliphatic rings. The smallest absolute Gasteiger partial charge is 0.300 e. The first-order valence-corrected chi connectivity index (χ1v) is 10.8. The molecule has 1 saturated heterocycles. The minimum atomic E-state index is -0.685. The van der Waals surface area contributed by atoms with Crippen molar-refractivity contribution in [2.45, 2.75) is 19.9 Å². The quantitative estimate of drug-likeness (QED) is 0.258. The van der Waals surface area contributed by atoms with Gasteiger partial charge < -0.3 is 10.1 Å². The molecule has 0 spiro atoms. The lowest BCUT2D eigenvalue weighted by atomic mass is 9.98. The number of H-pyrrole nitrogens is 1. The molecule has 2 N–H and O–H groups in total. The van der Waals surface area contributed by atoms with Crippen LogP contribution in [-0.2, 0) is 9.59 Å². The summed E-state index contributed by atoms with van der Waals surface area (Å²) in [5.41, 5.74) is 4.00. The van der Waals surface area contributed by atoms with Crippen LogP contribution in [0.1, 0.15) is 27.6 Å². The third kappa shape index (κ3) is 2.91. The number of benzene rings is 2. The topological polar surface area (TPSA) is 73.4 Å². The highest BCUT2D eigenvalue weighted by Crippen LogP contribution is 2.46. The summed E-state index contributed by atoms with van der Waals surface area (Å²) in [7, 11) is 0. The molecule has 31 heavy (non-hydrogen) atoms. The standard InChI is InChI=1S/C25H20N2O3S/c1-14-7-3-6-10-19(14)27-21(24-15(2)11-12-31-24)20(23(29)25(27)30)22(28)17-13-26-18-9-5-4-8-16(17)18/h3-13,21,26,28H,1-2H3/b22-20+. The molecule has 1 aliphatic heterocycles. The maximum atomic E-state index is 13.3. The first-order valence-electron chi connectivity index (χ1n) is 9.96. The fourth-order valence-corrected chi connectivity index (χ4v) is 5.26. The third-order valence-electron chi connectivity index (χ3n) is 5.81. The molecular weight excluding hydrogens is 408 g/mol. The van der Waals surface area contributed by atoms with Crippen LogP contribution < -0.4 is 4.90 Å². The molecule has 1 atom stereocenters. The second-order valence-corrected chi connectivity index (χ2v) is 8.62. The molecule has 6 heteroatoms. The highest BCUT2D eigenvalue weighted by molar-refractivity contribution is 7.10. The number of aromatic amines is 1. The number of nitrogens with one attached hydrogen (secondary N) is 1. The number of Topliss-reactive ketones (excluding diaryl/α,β-unsaturated/α-hetero) is 1. The first kappa shape index (κ1) is 19.3. The maximum Gasteiger partial charge on any atom is 0.300 e. The summed E-state index contributed by atoms with van der Waals surface area (Å²) in [6, 6.07) is 16.3. The van der Waals surface area contributed by atoms with Crippen molar-refractivity contribution >= 4 is 45.4 Å². The van der Waals surface area contributed by atoms with E-state index in [-0.39, 0.29) is 11.3 Å². The lowest BCUT2D eigenvalue weighted by molar-refractivity contribution is -0.132. The normalized spacial score (nSPS) is 18.3. The predicted octanol–water partition coefficient (Wildman–Crippen LogP) is 5.47. The van der Waals surface area contributed by atoms with E-state index in [0.717, 1.165) is 26.9 Å². The van der Waals surface area contributed by atoms with E-state index in [4.69, 9.17) is 0 Å². The summed E-state index contributed by atoms with van der Waals surface area (Å²) in [5, 5.41) is 14.1. The van der Waals surface area contributed by atoms with Crippen molar-refractivity contribution in [3.8, 4) is 0 Å². The van der Waals surface area contributed by atoms with Crippen LogP contribution >= 0.6 is 11.3 Å². The van der Waals surface area contributed by atoms with E-state index in [1.165, 1.54) is 16.2 Å². The van der Waals surface area contributed by atoms with Gasteiger partial charge in [0, 0.05) is 33.2 Å². The molecule has 1 amide bonds. The fraction of sp³-hybridized carbons (Fsp3) is 0.120. The van der Waals surface area contributed by atoms with Crippen LogP contribution in [0, 0.1) is 13.8 Å². The molecule has 3 heterocycles. The number of carbonyl (C=O) groups is 2. The van der Waals surface area contributed by atoms with Crippen LogP contribution in [0.15, 0.2) is 71.7 Å². The SMILES string of the molecule is Cc1ccccc1N1C(=O)C(=O)/C(=C(/O)c2c[nH]c3ccccc23)C1c1sccc1C. The zero-order valence-corrected chi connectivity index (χ0v) is 17.9. The van der Waals surface area contributed by atoms with Gasteiger partial charge in [0.2, 0.25) is 0 Å². The van der Waals surface area contributed by atoms with E-state index in [0.29, 0.717) is 11.3 Å². The number of para-hydroxylation sites is 2. The zero-order valence-electron chi connectivity index (χ0n) is 17.0. The minimum absolute atomic E-state index is 0.114. The average Bonchev–Trinajstić information content (AvgIpc) is 3.45. The van der Waals surface area contributed by atoms with E-state index in [9.17, 15) is 14.7 Å². The molecular formula is C25H20N2O3S. The molecule has 5 rings (SSSR count). The van der Waals surface area contributed by atoms with Gasteiger partial charge in [-0.25, -0.2) is 0 Å². The Morgan fingerprint density at radius 3 is 2.48 bits per heavy atom. The van der Waals surface area contributed by atoms with Crippen LogP contribution in [0.2, 0.25) is 0 Å². The van der Waals surface area contributed by atoms with E-state index in [2.05, 4.69) is 4.98 Å². The van der Waals surface area contributed by atoms with Crippen molar-refractivity contribution in [2.75, 3.05) is 4.90 Å². The summed E-state index contributed by atoms with van der Waals surface area (Å²) in [4.78, 5) is 32.0. The van der Waals surface area contributed by atoms with Crippen LogP contribution in [-0.4, -0.2) is 21.8 Å². The number of anilines is 1. The highest BCUT2D eigenvalue weighted by Gasteiger charge is 2.48. The Bertz CT molecular complexity index is 1380. The van der Waals surface area contributed by atoms with Crippen molar-refractivity contribution < 1.29 is 14.7 Å². The van der Waals surface area contributed by atoms with Gasteiger partial charge >= 0.3 is 0 Å². The van der Waals surface area contributed by atoms with Gasteiger partial charge in [0.15, 0.2) is 0 Å². The number of rotatable bonds is 3. The largest absolute Gasteiger partial charge is 0.507 e. The van der Waals surface area contributed by atoms with Crippen LogP contribution in [0.4, 0.5) is 5.69 Å². The van der Waals surface area contributed by atoms with E-state index >= 15 is 0 Å². The van der Waals surface area contributed by atoms with Crippen LogP contribution in [0.25, 0.3) is 16.7 Å². The Morgan fingerprint density at radius 1 is 1.00 bits per heavy atom. The predicted molar refractivity (Wildman–Crippen MR) is 123 cm³/mol.